The van der Waals surface area contributed by atoms with Gasteiger partial charge in [0.1, 0.15) is 6.10 Å². The molecule has 0 unspecified atom stereocenters. The van der Waals surface area contributed by atoms with Crippen molar-refractivity contribution >= 4 is 17.6 Å². The molecule has 2 aromatic rings. The number of carbonyl (C=O) groups is 2. The zero-order valence-corrected chi connectivity index (χ0v) is 18.7. The van der Waals surface area contributed by atoms with Gasteiger partial charge in [0.15, 0.2) is 0 Å². The topological polar surface area (TPSA) is 55.4 Å². The molecule has 4 nitrogen and oxygen atoms in total. The minimum absolute atomic E-state index is 0.00706. The lowest BCUT2D eigenvalue weighted by molar-refractivity contribution is 0.0248. The average Bonchev–Trinajstić information content (AvgIpc) is 2.76. The predicted octanol–water partition coefficient (Wildman–Crippen LogP) is 7.08. The molecular weight excluding hydrogens is 386 g/mol. The molecule has 0 aromatic heterocycles. The Morgan fingerprint density at radius 3 is 1.94 bits per heavy atom. The molecule has 31 heavy (non-hydrogen) atoms. The standard InChI is InChI=1S/C27H35NO3/c1-21-12-11-13-23(20-21)26(29)28-24-18-16-22(17-19-24)27(30)31-25-14-9-7-5-3-2-4-6-8-10-15-25/h11-13,16-20,25H,2-10,14-15H2,1H3,(H,28,29). The molecule has 1 aliphatic rings. The number of benzene rings is 2. The molecular formula is C27H35NO3. The fourth-order valence-electron chi connectivity index (χ4n) is 4.14. The summed E-state index contributed by atoms with van der Waals surface area (Å²) in [5.74, 6) is -0.430. The van der Waals surface area contributed by atoms with Gasteiger partial charge in [0.05, 0.1) is 5.56 Å². The highest BCUT2D eigenvalue weighted by atomic mass is 16.5. The van der Waals surface area contributed by atoms with Crippen LogP contribution in [0.1, 0.15) is 96.9 Å². The van der Waals surface area contributed by atoms with Gasteiger partial charge in [-0.15, -0.1) is 0 Å². The maximum Gasteiger partial charge on any atom is 0.338 e. The quantitative estimate of drug-likeness (QED) is 0.537. The lowest BCUT2D eigenvalue weighted by Gasteiger charge is -2.19. The van der Waals surface area contributed by atoms with E-state index in [4.69, 9.17) is 4.74 Å². The molecule has 1 aliphatic carbocycles. The lowest BCUT2D eigenvalue weighted by atomic mass is 9.99. The van der Waals surface area contributed by atoms with Gasteiger partial charge in [-0.3, -0.25) is 4.79 Å². The van der Waals surface area contributed by atoms with Crippen LogP contribution in [0.15, 0.2) is 48.5 Å². The Morgan fingerprint density at radius 1 is 0.774 bits per heavy atom. The van der Waals surface area contributed by atoms with Gasteiger partial charge < -0.3 is 10.1 Å². The molecule has 4 heteroatoms. The van der Waals surface area contributed by atoms with Crippen molar-refractivity contribution in [3.8, 4) is 0 Å². The van der Waals surface area contributed by atoms with Crippen LogP contribution < -0.4 is 5.32 Å². The van der Waals surface area contributed by atoms with E-state index in [-0.39, 0.29) is 18.0 Å². The molecule has 0 saturated heterocycles. The predicted molar refractivity (Wildman–Crippen MR) is 126 cm³/mol. The molecule has 0 spiro atoms. The summed E-state index contributed by atoms with van der Waals surface area (Å²) in [6, 6.07) is 14.4. The van der Waals surface area contributed by atoms with E-state index >= 15 is 0 Å². The number of ether oxygens (including phenoxy) is 1. The fraction of sp³-hybridized carbons (Fsp3) is 0.481. The van der Waals surface area contributed by atoms with Gasteiger partial charge in [0.25, 0.3) is 5.91 Å². The second kappa shape index (κ2) is 12.3. The van der Waals surface area contributed by atoms with Gasteiger partial charge in [0.2, 0.25) is 0 Å². The molecule has 2 aromatic carbocycles. The van der Waals surface area contributed by atoms with Crippen molar-refractivity contribution in [2.75, 3.05) is 5.32 Å². The van der Waals surface area contributed by atoms with Crippen LogP contribution in [0.25, 0.3) is 0 Å². The zero-order valence-electron chi connectivity index (χ0n) is 18.7. The highest BCUT2D eigenvalue weighted by Crippen LogP contribution is 2.20. The van der Waals surface area contributed by atoms with Crippen LogP contribution in [0.2, 0.25) is 0 Å². The lowest BCUT2D eigenvalue weighted by Crippen LogP contribution is -2.19. The van der Waals surface area contributed by atoms with Crippen LogP contribution in [-0.4, -0.2) is 18.0 Å². The van der Waals surface area contributed by atoms with Crippen LogP contribution in [0.5, 0.6) is 0 Å². The summed E-state index contributed by atoms with van der Waals surface area (Å²) in [6.07, 6.45) is 13.2. The second-order valence-electron chi connectivity index (χ2n) is 8.69. The first kappa shape index (κ1) is 23.1. The first-order chi connectivity index (χ1) is 15.1. The van der Waals surface area contributed by atoms with E-state index in [1.54, 1.807) is 30.3 Å². The maximum absolute atomic E-state index is 12.7. The normalized spacial score (nSPS) is 16.5. The van der Waals surface area contributed by atoms with Gasteiger partial charge >= 0.3 is 5.97 Å². The molecule has 1 amide bonds. The third kappa shape index (κ3) is 7.86. The van der Waals surface area contributed by atoms with E-state index in [0.29, 0.717) is 16.8 Å². The summed E-state index contributed by atoms with van der Waals surface area (Å²) < 4.78 is 5.86. The molecule has 166 valence electrons. The van der Waals surface area contributed by atoms with Gasteiger partial charge in [0, 0.05) is 11.3 Å². The number of hydrogen-bond acceptors (Lipinski definition) is 3. The van der Waals surface area contributed by atoms with E-state index in [1.807, 2.05) is 25.1 Å². The molecule has 0 aliphatic heterocycles. The monoisotopic (exact) mass is 421 g/mol. The maximum atomic E-state index is 12.7. The van der Waals surface area contributed by atoms with Crippen molar-refractivity contribution in [2.45, 2.75) is 83.7 Å². The van der Waals surface area contributed by atoms with Crippen LogP contribution in [0.3, 0.4) is 0 Å². The van der Waals surface area contributed by atoms with Crippen molar-refractivity contribution in [3.63, 3.8) is 0 Å². The summed E-state index contributed by atoms with van der Waals surface area (Å²) in [6.45, 7) is 1.96. The van der Waals surface area contributed by atoms with E-state index in [2.05, 4.69) is 5.32 Å². The highest BCUT2D eigenvalue weighted by molar-refractivity contribution is 6.04. The SMILES string of the molecule is Cc1cccc(C(=O)Nc2ccc(C(=O)OC3CCCCCCCCCCC3)cc2)c1. The van der Waals surface area contributed by atoms with Gasteiger partial charge in [-0.25, -0.2) is 4.79 Å². The van der Waals surface area contributed by atoms with Crippen LogP contribution in [-0.2, 0) is 4.74 Å². The van der Waals surface area contributed by atoms with Crippen LogP contribution in [0, 0.1) is 6.92 Å². The number of aryl methyl sites for hydroxylation is 1. The Balaban J connectivity index is 1.54. The number of rotatable bonds is 4. The third-order valence-corrected chi connectivity index (χ3v) is 5.98. The van der Waals surface area contributed by atoms with Gasteiger partial charge in [-0.1, -0.05) is 62.6 Å². The van der Waals surface area contributed by atoms with E-state index in [1.165, 1.54) is 44.9 Å². The summed E-state index contributed by atoms with van der Waals surface area (Å²) in [4.78, 5) is 25.1. The van der Waals surface area contributed by atoms with Crippen LogP contribution in [0.4, 0.5) is 5.69 Å². The Bertz CT molecular complexity index is 832. The first-order valence-corrected chi connectivity index (χ1v) is 11.8. The second-order valence-corrected chi connectivity index (χ2v) is 8.69. The third-order valence-electron chi connectivity index (χ3n) is 5.98. The average molecular weight is 422 g/mol. The number of carbonyl (C=O) groups excluding carboxylic acids is 2. The minimum atomic E-state index is -0.270. The number of anilines is 1. The van der Waals surface area contributed by atoms with Crippen molar-refractivity contribution in [3.05, 3.63) is 65.2 Å². The summed E-state index contributed by atoms with van der Waals surface area (Å²) in [5, 5.41) is 2.88. The molecule has 1 fully saturated rings. The number of hydrogen-bond donors (Lipinski definition) is 1. The molecule has 0 atom stereocenters. The Morgan fingerprint density at radius 2 is 1.35 bits per heavy atom. The molecule has 0 bridgehead atoms. The van der Waals surface area contributed by atoms with Crippen molar-refractivity contribution < 1.29 is 14.3 Å². The summed E-state index contributed by atoms with van der Waals surface area (Å²) in [5.41, 5.74) is 2.84. The minimum Gasteiger partial charge on any atom is -0.459 e. The van der Waals surface area contributed by atoms with E-state index in [9.17, 15) is 9.59 Å². The van der Waals surface area contributed by atoms with E-state index in [0.717, 1.165) is 31.2 Å². The number of esters is 1. The zero-order chi connectivity index (χ0) is 21.9. The fourth-order valence-corrected chi connectivity index (χ4v) is 4.14. The Kier molecular flexibility index (Phi) is 9.14. The Labute approximate surface area is 186 Å². The molecule has 1 saturated carbocycles. The van der Waals surface area contributed by atoms with E-state index < -0.39 is 0 Å². The van der Waals surface area contributed by atoms with Gasteiger partial charge in [-0.05, 0) is 69.0 Å². The molecule has 1 N–H and O–H groups in total. The number of amides is 1. The highest BCUT2D eigenvalue weighted by Gasteiger charge is 2.16. The molecule has 0 heterocycles. The van der Waals surface area contributed by atoms with Crippen molar-refractivity contribution in [1.29, 1.82) is 0 Å². The summed E-state index contributed by atoms with van der Waals surface area (Å²) >= 11 is 0. The smallest absolute Gasteiger partial charge is 0.338 e. The molecule has 0 radical (unpaired) electrons. The number of nitrogens with one attached hydrogen (secondary N) is 1. The summed E-state index contributed by atoms with van der Waals surface area (Å²) in [7, 11) is 0. The van der Waals surface area contributed by atoms with Crippen LogP contribution >= 0.6 is 0 Å². The Hall–Kier alpha value is -2.62. The van der Waals surface area contributed by atoms with Gasteiger partial charge in [-0.2, -0.15) is 0 Å². The molecule has 3 rings (SSSR count). The first-order valence-electron chi connectivity index (χ1n) is 11.8. The largest absolute Gasteiger partial charge is 0.459 e. The van der Waals surface area contributed by atoms with Crippen molar-refractivity contribution in [2.24, 2.45) is 0 Å². The van der Waals surface area contributed by atoms with Crippen molar-refractivity contribution in [1.82, 2.24) is 0 Å².